The van der Waals surface area contributed by atoms with E-state index in [4.69, 9.17) is 4.74 Å². The maximum atomic E-state index is 12.2. The summed E-state index contributed by atoms with van der Waals surface area (Å²) in [6.45, 7) is 0. The third-order valence-corrected chi connectivity index (χ3v) is 4.47. The maximum absolute atomic E-state index is 12.2. The molecule has 1 fully saturated rings. The molecule has 1 aliphatic carbocycles. The van der Waals surface area contributed by atoms with Gasteiger partial charge in [0.15, 0.2) is 0 Å². The summed E-state index contributed by atoms with van der Waals surface area (Å²) in [6.07, 6.45) is 3.05. The number of hydrogen-bond donors (Lipinski definition) is 2. The summed E-state index contributed by atoms with van der Waals surface area (Å²) in [4.78, 5) is 12.2. The van der Waals surface area contributed by atoms with Crippen molar-refractivity contribution in [3.05, 3.63) is 23.8 Å². The Bertz CT molecular complexity index is 452. The van der Waals surface area contributed by atoms with Gasteiger partial charge in [-0.3, -0.25) is 4.79 Å². The first-order valence-electron chi connectivity index (χ1n) is 5.86. The van der Waals surface area contributed by atoms with Crippen LogP contribution in [0.2, 0.25) is 0 Å². The first kappa shape index (κ1) is 13.2. The van der Waals surface area contributed by atoms with Crippen LogP contribution in [0.1, 0.15) is 29.6 Å². The zero-order chi connectivity index (χ0) is 13.2. The quantitative estimate of drug-likeness (QED) is 0.839. The Kier molecular flexibility index (Phi) is 3.80. The van der Waals surface area contributed by atoms with Crippen molar-refractivity contribution < 1.29 is 14.6 Å². The van der Waals surface area contributed by atoms with Crippen molar-refractivity contribution >= 4 is 21.8 Å². The van der Waals surface area contributed by atoms with Crippen molar-refractivity contribution in [3.8, 4) is 11.5 Å². The molecule has 1 aromatic carbocycles. The number of methoxy groups -OCH3 is 1. The van der Waals surface area contributed by atoms with Gasteiger partial charge >= 0.3 is 0 Å². The molecule has 18 heavy (non-hydrogen) atoms. The van der Waals surface area contributed by atoms with Crippen LogP contribution < -0.4 is 10.1 Å². The molecule has 0 aliphatic heterocycles. The Hall–Kier alpha value is -1.23. The lowest BCUT2D eigenvalue weighted by Gasteiger charge is -2.41. The fraction of sp³-hybridized carbons (Fsp3) is 0.462. The van der Waals surface area contributed by atoms with E-state index in [9.17, 15) is 9.90 Å². The molecule has 0 spiro atoms. The second kappa shape index (κ2) is 5.18. The number of carbonyl (C=O) groups is 1. The average molecular weight is 314 g/mol. The minimum absolute atomic E-state index is 0.0302. The zero-order valence-electron chi connectivity index (χ0n) is 10.2. The fourth-order valence-electron chi connectivity index (χ4n) is 2.03. The van der Waals surface area contributed by atoms with Crippen LogP contribution in [0.4, 0.5) is 0 Å². The molecule has 0 saturated heterocycles. The summed E-state index contributed by atoms with van der Waals surface area (Å²) in [6, 6.07) is 4.64. The van der Waals surface area contributed by atoms with E-state index in [2.05, 4.69) is 21.2 Å². The van der Waals surface area contributed by atoms with Crippen LogP contribution >= 0.6 is 15.9 Å². The largest absolute Gasteiger partial charge is 0.507 e. The van der Waals surface area contributed by atoms with Crippen LogP contribution in [0, 0.1) is 0 Å². The molecule has 1 aliphatic rings. The number of ether oxygens (including phenoxy) is 1. The zero-order valence-corrected chi connectivity index (χ0v) is 11.8. The summed E-state index contributed by atoms with van der Waals surface area (Å²) in [5.41, 5.74) is 0.0913. The molecule has 2 N–H and O–H groups in total. The van der Waals surface area contributed by atoms with Crippen molar-refractivity contribution in [3.63, 3.8) is 0 Å². The first-order chi connectivity index (χ1) is 8.60. The predicted molar refractivity (Wildman–Crippen MR) is 72.5 cm³/mol. The van der Waals surface area contributed by atoms with Gasteiger partial charge in [-0.1, -0.05) is 15.9 Å². The smallest absolute Gasteiger partial charge is 0.255 e. The van der Waals surface area contributed by atoms with Crippen LogP contribution in [0.5, 0.6) is 11.5 Å². The number of halogens is 1. The molecular weight excluding hydrogens is 298 g/mol. The van der Waals surface area contributed by atoms with Crippen molar-refractivity contribution in [1.29, 1.82) is 0 Å². The number of aromatic hydroxyl groups is 1. The Balaban J connectivity index is 2.18. The monoisotopic (exact) mass is 313 g/mol. The summed E-state index contributed by atoms with van der Waals surface area (Å²) in [5.74, 6) is 0.266. The molecule has 0 radical (unpaired) electrons. The van der Waals surface area contributed by atoms with Crippen molar-refractivity contribution in [1.82, 2.24) is 5.32 Å². The Morgan fingerprint density at radius 3 is 2.78 bits per heavy atom. The van der Waals surface area contributed by atoms with Gasteiger partial charge in [-0.05, 0) is 37.5 Å². The highest BCUT2D eigenvalue weighted by Gasteiger charge is 2.37. The highest BCUT2D eigenvalue weighted by atomic mass is 79.9. The third kappa shape index (κ3) is 2.46. The number of phenols is 1. The minimum Gasteiger partial charge on any atom is -0.507 e. The van der Waals surface area contributed by atoms with Gasteiger partial charge in [-0.15, -0.1) is 0 Å². The highest BCUT2D eigenvalue weighted by Crippen LogP contribution is 2.34. The van der Waals surface area contributed by atoms with Gasteiger partial charge in [0.05, 0.1) is 18.2 Å². The number of carbonyl (C=O) groups excluding carboxylic acids is 1. The predicted octanol–water partition coefficient (Wildman–Crippen LogP) is 2.45. The molecule has 1 aromatic rings. The number of alkyl halides is 1. The lowest BCUT2D eigenvalue weighted by Crippen LogP contribution is -2.54. The van der Waals surface area contributed by atoms with E-state index in [1.165, 1.54) is 13.2 Å². The van der Waals surface area contributed by atoms with Crippen LogP contribution in [0.3, 0.4) is 0 Å². The summed E-state index contributed by atoms with van der Waals surface area (Å²) >= 11 is 3.43. The Morgan fingerprint density at radius 1 is 1.56 bits per heavy atom. The fourth-order valence-corrected chi connectivity index (χ4v) is 2.73. The van der Waals surface area contributed by atoms with Crippen LogP contribution in [-0.4, -0.2) is 29.0 Å². The number of amides is 1. The summed E-state index contributed by atoms with van der Waals surface area (Å²) in [7, 11) is 1.53. The molecule has 98 valence electrons. The molecule has 0 unspecified atom stereocenters. The van der Waals surface area contributed by atoms with Gasteiger partial charge in [0.2, 0.25) is 0 Å². The lowest BCUT2D eigenvalue weighted by molar-refractivity contribution is 0.0853. The van der Waals surface area contributed by atoms with E-state index < -0.39 is 0 Å². The Labute approximate surface area is 114 Å². The highest BCUT2D eigenvalue weighted by molar-refractivity contribution is 9.09. The van der Waals surface area contributed by atoms with Crippen molar-refractivity contribution in [2.45, 2.75) is 24.8 Å². The number of rotatable bonds is 4. The number of hydrogen-bond acceptors (Lipinski definition) is 3. The molecule has 1 amide bonds. The Morgan fingerprint density at radius 2 is 2.28 bits per heavy atom. The molecule has 0 aromatic heterocycles. The molecule has 5 heteroatoms. The first-order valence-corrected chi connectivity index (χ1v) is 6.98. The molecule has 2 rings (SSSR count). The van der Waals surface area contributed by atoms with Gasteiger partial charge in [0, 0.05) is 5.33 Å². The molecule has 4 nitrogen and oxygen atoms in total. The summed E-state index contributed by atoms with van der Waals surface area (Å²) < 4.78 is 5.06. The van der Waals surface area contributed by atoms with Crippen LogP contribution in [0.15, 0.2) is 18.2 Å². The third-order valence-electron chi connectivity index (χ3n) is 3.39. The van der Waals surface area contributed by atoms with Crippen LogP contribution in [-0.2, 0) is 0 Å². The molecule has 0 atom stereocenters. The van der Waals surface area contributed by atoms with E-state index >= 15 is 0 Å². The second-order valence-electron chi connectivity index (χ2n) is 4.60. The van der Waals surface area contributed by atoms with Gasteiger partial charge in [0.25, 0.3) is 5.91 Å². The van der Waals surface area contributed by atoms with Gasteiger partial charge in [-0.2, -0.15) is 0 Å². The second-order valence-corrected chi connectivity index (χ2v) is 5.17. The average Bonchev–Trinajstić information content (AvgIpc) is 2.34. The van der Waals surface area contributed by atoms with Crippen molar-refractivity contribution in [2.24, 2.45) is 0 Å². The topological polar surface area (TPSA) is 58.6 Å². The molecule has 0 heterocycles. The van der Waals surface area contributed by atoms with Crippen LogP contribution in [0.25, 0.3) is 0 Å². The van der Waals surface area contributed by atoms with Gasteiger partial charge in [0.1, 0.15) is 11.5 Å². The maximum Gasteiger partial charge on any atom is 0.255 e. The summed E-state index contributed by atoms with van der Waals surface area (Å²) in [5, 5.41) is 13.5. The van der Waals surface area contributed by atoms with E-state index in [1.807, 2.05) is 0 Å². The number of nitrogens with one attached hydrogen (secondary N) is 1. The number of phenolic OH excluding ortho intramolecular Hbond substituents is 1. The van der Waals surface area contributed by atoms with Gasteiger partial charge in [-0.25, -0.2) is 0 Å². The van der Waals surface area contributed by atoms with E-state index in [1.54, 1.807) is 12.1 Å². The minimum atomic E-state index is -0.259. The van der Waals surface area contributed by atoms with Crippen molar-refractivity contribution in [2.75, 3.05) is 12.4 Å². The lowest BCUT2D eigenvalue weighted by atomic mass is 9.78. The van der Waals surface area contributed by atoms with E-state index in [-0.39, 0.29) is 22.8 Å². The molecule has 0 bridgehead atoms. The van der Waals surface area contributed by atoms with E-state index in [0.717, 1.165) is 24.6 Å². The normalized spacial score (nSPS) is 16.8. The SMILES string of the molecule is COc1ccc(O)c(C(=O)NC2(CBr)CCC2)c1. The van der Waals surface area contributed by atoms with E-state index in [0.29, 0.717) is 5.75 Å². The number of benzene rings is 1. The standard InChI is InChI=1S/C13H16BrNO3/c1-18-9-3-4-11(16)10(7-9)12(17)15-13(8-14)5-2-6-13/h3-4,7,16H,2,5-6,8H2,1H3,(H,15,17). The molecular formula is C13H16BrNO3. The molecule has 1 saturated carbocycles. The van der Waals surface area contributed by atoms with Gasteiger partial charge < -0.3 is 15.2 Å².